The van der Waals surface area contributed by atoms with Gasteiger partial charge in [0.2, 0.25) is 0 Å². The first-order valence-corrected chi connectivity index (χ1v) is 6.75. The van der Waals surface area contributed by atoms with Crippen molar-refractivity contribution in [1.29, 1.82) is 0 Å². The molecule has 1 aliphatic heterocycles. The molecule has 1 heterocycles. The Morgan fingerprint density at radius 2 is 1.59 bits per heavy atom. The molecule has 0 bridgehead atoms. The lowest BCUT2D eigenvalue weighted by molar-refractivity contribution is 0.349. The van der Waals surface area contributed by atoms with Crippen molar-refractivity contribution >= 4 is 0 Å². The molecule has 0 aliphatic carbocycles. The Balaban J connectivity index is 0.000000171. The van der Waals surface area contributed by atoms with Gasteiger partial charge in [0.1, 0.15) is 0 Å². The fraction of sp³-hybridized carbons (Fsp3) is 0.600. The van der Waals surface area contributed by atoms with Gasteiger partial charge in [-0.2, -0.15) is 0 Å². The second-order valence-corrected chi connectivity index (χ2v) is 4.74. The number of likely N-dealkylation sites (tertiary alicyclic amines) is 1. The largest absolute Gasteiger partial charge is 0.330 e. The zero-order valence-electron chi connectivity index (χ0n) is 11.1. The standard InChI is InChI=1S/C8H11N.C7H15N/c9-7-6-8-4-2-1-3-5-8;1-8-6-4-2-3-5-7-8/h1-5H,6-7,9H2;2-7H2,1H3. The van der Waals surface area contributed by atoms with E-state index in [1.54, 1.807) is 0 Å². The number of nitrogens with zero attached hydrogens (tertiary/aromatic N) is 1. The van der Waals surface area contributed by atoms with Gasteiger partial charge in [-0.05, 0) is 51.5 Å². The minimum atomic E-state index is 0.740. The van der Waals surface area contributed by atoms with Gasteiger partial charge in [-0.15, -0.1) is 0 Å². The highest BCUT2D eigenvalue weighted by Gasteiger charge is 2.01. The van der Waals surface area contributed by atoms with Crippen molar-refractivity contribution in [2.45, 2.75) is 32.1 Å². The first-order valence-electron chi connectivity index (χ1n) is 6.75. The van der Waals surface area contributed by atoms with Crippen LogP contribution in [0, 0.1) is 0 Å². The van der Waals surface area contributed by atoms with E-state index in [1.807, 2.05) is 18.2 Å². The van der Waals surface area contributed by atoms with Crippen molar-refractivity contribution in [3.8, 4) is 0 Å². The summed E-state index contributed by atoms with van der Waals surface area (Å²) < 4.78 is 0. The van der Waals surface area contributed by atoms with Gasteiger partial charge in [0.05, 0.1) is 0 Å². The summed E-state index contributed by atoms with van der Waals surface area (Å²) >= 11 is 0. The van der Waals surface area contributed by atoms with E-state index in [0.29, 0.717) is 0 Å². The molecule has 1 aliphatic rings. The molecule has 2 N–H and O–H groups in total. The van der Waals surface area contributed by atoms with Crippen molar-refractivity contribution in [2.24, 2.45) is 5.73 Å². The molecule has 0 radical (unpaired) electrons. The van der Waals surface area contributed by atoms with Crippen molar-refractivity contribution in [1.82, 2.24) is 4.90 Å². The maximum absolute atomic E-state index is 5.36. The summed E-state index contributed by atoms with van der Waals surface area (Å²) in [6, 6.07) is 10.3. The molecule has 96 valence electrons. The fourth-order valence-electron chi connectivity index (χ4n) is 2.04. The van der Waals surface area contributed by atoms with Crippen molar-refractivity contribution in [2.75, 3.05) is 26.7 Å². The van der Waals surface area contributed by atoms with Crippen molar-refractivity contribution < 1.29 is 0 Å². The third kappa shape index (κ3) is 7.14. The van der Waals surface area contributed by atoms with Crippen LogP contribution in [-0.2, 0) is 6.42 Å². The normalized spacial score (nSPS) is 16.8. The predicted octanol–water partition coefficient (Wildman–Crippen LogP) is 2.68. The highest BCUT2D eigenvalue weighted by molar-refractivity contribution is 5.14. The molecule has 0 saturated carbocycles. The van der Waals surface area contributed by atoms with Crippen LogP contribution in [0.4, 0.5) is 0 Å². The molecule has 2 nitrogen and oxygen atoms in total. The summed E-state index contributed by atoms with van der Waals surface area (Å²) in [5.41, 5.74) is 6.68. The van der Waals surface area contributed by atoms with Crippen molar-refractivity contribution in [3.05, 3.63) is 35.9 Å². The summed E-state index contributed by atoms with van der Waals surface area (Å²) in [6.45, 7) is 3.38. The van der Waals surface area contributed by atoms with Crippen LogP contribution in [0.1, 0.15) is 31.2 Å². The number of benzene rings is 1. The molecule has 1 aromatic rings. The van der Waals surface area contributed by atoms with Gasteiger partial charge in [0, 0.05) is 0 Å². The van der Waals surface area contributed by atoms with Crippen LogP contribution >= 0.6 is 0 Å². The van der Waals surface area contributed by atoms with Crippen LogP contribution in [0.15, 0.2) is 30.3 Å². The van der Waals surface area contributed by atoms with Crippen LogP contribution in [0.25, 0.3) is 0 Å². The van der Waals surface area contributed by atoms with Crippen LogP contribution in [0.5, 0.6) is 0 Å². The minimum Gasteiger partial charge on any atom is -0.330 e. The van der Waals surface area contributed by atoms with Gasteiger partial charge in [-0.1, -0.05) is 43.2 Å². The second-order valence-electron chi connectivity index (χ2n) is 4.74. The Morgan fingerprint density at radius 1 is 1.00 bits per heavy atom. The summed E-state index contributed by atoms with van der Waals surface area (Å²) in [5, 5.41) is 0. The molecule has 2 rings (SSSR count). The Kier molecular flexibility index (Phi) is 7.69. The first kappa shape index (κ1) is 14.2. The number of hydrogen-bond donors (Lipinski definition) is 1. The highest BCUT2D eigenvalue weighted by Crippen LogP contribution is 2.06. The van der Waals surface area contributed by atoms with E-state index < -0.39 is 0 Å². The molecule has 1 aromatic carbocycles. The van der Waals surface area contributed by atoms with Gasteiger partial charge in [-0.3, -0.25) is 0 Å². The number of hydrogen-bond acceptors (Lipinski definition) is 2. The van der Waals surface area contributed by atoms with E-state index in [0.717, 1.165) is 13.0 Å². The molecule has 17 heavy (non-hydrogen) atoms. The monoisotopic (exact) mass is 234 g/mol. The molecule has 0 atom stereocenters. The quantitative estimate of drug-likeness (QED) is 0.852. The van der Waals surface area contributed by atoms with E-state index in [4.69, 9.17) is 5.73 Å². The molecular weight excluding hydrogens is 208 g/mol. The van der Waals surface area contributed by atoms with E-state index in [-0.39, 0.29) is 0 Å². The maximum Gasteiger partial charge on any atom is -0.00218 e. The summed E-state index contributed by atoms with van der Waals surface area (Å²) in [4.78, 5) is 2.42. The number of nitrogens with two attached hydrogens (primary N) is 1. The topological polar surface area (TPSA) is 29.3 Å². The van der Waals surface area contributed by atoms with Gasteiger partial charge in [0.25, 0.3) is 0 Å². The average Bonchev–Trinajstić information content (AvgIpc) is 2.60. The zero-order valence-corrected chi connectivity index (χ0v) is 11.1. The third-order valence-corrected chi connectivity index (χ3v) is 3.11. The molecule has 0 amide bonds. The molecule has 0 unspecified atom stereocenters. The molecule has 0 spiro atoms. The lowest BCUT2D eigenvalue weighted by Crippen LogP contribution is -2.18. The maximum atomic E-state index is 5.36. The Labute approximate surface area is 106 Å². The van der Waals surface area contributed by atoms with Crippen LogP contribution < -0.4 is 5.73 Å². The molecule has 0 aromatic heterocycles. The molecule has 2 heteroatoms. The fourth-order valence-corrected chi connectivity index (χ4v) is 2.04. The molecule has 1 fully saturated rings. The Hall–Kier alpha value is -0.860. The van der Waals surface area contributed by atoms with Gasteiger partial charge < -0.3 is 10.6 Å². The lowest BCUT2D eigenvalue weighted by atomic mass is 10.2. The smallest absolute Gasteiger partial charge is 0.00218 e. The van der Waals surface area contributed by atoms with Crippen LogP contribution in [-0.4, -0.2) is 31.6 Å². The Morgan fingerprint density at radius 3 is 2.12 bits per heavy atom. The van der Waals surface area contributed by atoms with E-state index in [9.17, 15) is 0 Å². The minimum absolute atomic E-state index is 0.740. The molecule has 1 saturated heterocycles. The van der Waals surface area contributed by atoms with Crippen LogP contribution in [0.2, 0.25) is 0 Å². The highest BCUT2D eigenvalue weighted by atomic mass is 15.1. The third-order valence-electron chi connectivity index (χ3n) is 3.11. The first-order chi connectivity index (χ1) is 8.33. The average molecular weight is 234 g/mol. The van der Waals surface area contributed by atoms with Crippen molar-refractivity contribution in [3.63, 3.8) is 0 Å². The van der Waals surface area contributed by atoms with E-state index in [2.05, 4.69) is 24.1 Å². The predicted molar refractivity (Wildman–Crippen MR) is 75.2 cm³/mol. The zero-order chi connectivity index (χ0) is 12.3. The van der Waals surface area contributed by atoms with Gasteiger partial charge >= 0.3 is 0 Å². The van der Waals surface area contributed by atoms with Gasteiger partial charge in [-0.25, -0.2) is 0 Å². The SMILES string of the molecule is CN1CCCCCC1.NCCc1ccccc1. The Bertz CT molecular complexity index is 264. The number of rotatable bonds is 2. The van der Waals surface area contributed by atoms with E-state index in [1.165, 1.54) is 44.3 Å². The molecular formula is C15H26N2. The summed E-state index contributed by atoms with van der Waals surface area (Å²) in [6.07, 6.45) is 6.71. The van der Waals surface area contributed by atoms with Gasteiger partial charge in [0.15, 0.2) is 0 Å². The van der Waals surface area contributed by atoms with E-state index >= 15 is 0 Å². The second kappa shape index (κ2) is 9.20. The van der Waals surface area contributed by atoms with Crippen LogP contribution in [0.3, 0.4) is 0 Å². The summed E-state index contributed by atoms with van der Waals surface area (Å²) in [7, 11) is 2.21. The summed E-state index contributed by atoms with van der Waals surface area (Å²) in [5.74, 6) is 0. The lowest BCUT2D eigenvalue weighted by Gasteiger charge is -2.10.